The highest BCUT2D eigenvalue weighted by Crippen LogP contribution is 2.19. The van der Waals surface area contributed by atoms with E-state index >= 15 is 0 Å². The molecule has 0 bridgehead atoms. The lowest BCUT2D eigenvalue weighted by molar-refractivity contribution is 0.380. The van der Waals surface area contributed by atoms with Crippen molar-refractivity contribution in [3.8, 4) is 0 Å². The van der Waals surface area contributed by atoms with Gasteiger partial charge >= 0.3 is 0 Å². The smallest absolute Gasteiger partial charge is 0.191 e. The van der Waals surface area contributed by atoms with E-state index < -0.39 is 0 Å². The molecule has 0 saturated heterocycles. The molecule has 3 rings (SSSR count). The summed E-state index contributed by atoms with van der Waals surface area (Å²) < 4.78 is 7.37. The van der Waals surface area contributed by atoms with E-state index in [0.717, 1.165) is 35.4 Å². The Balaban J connectivity index is 1.68. The summed E-state index contributed by atoms with van der Waals surface area (Å²) >= 11 is 6.05. The molecule has 0 fully saturated rings. The number of aromatic nitrogens is 3. The number of guanidine groups is 1. The van der Waals surface area contributed by atoms with Gasteiger partial charge in [-0.2, -0.15) is 5.10 Å². The highest BCUT2D eigenvalue weighted by atomic mass is 35.5. The van der Waals surface area contributed by atoms with E-state index in [9.17, 15) is 0 Å². The van der Waals surface area contributed by atoms with Gasteiger partial charge in [0.15, 0.2) is 5.96 Å². The molecule has 29 heavy (non-hydrogen) atoms. The van der Waals surface area contributed by atoms with Crippen molar-refractivity contribution >= 4 is 17.6 Å². The lowest BCUT2D eigenvalue weighted by atomic mass is 10.1. The van der Waals surface area contributed by atoms with Crippen molar-refractivity contribution in [2.45, 2.75) is 39.3 Å². The van der Waals surface area contributed by atoms with Crippen LogP contribution in [0.2, 0.25) is 5.02 Å². The van der Waals surface area contributed by atoms with Crippen LogP contribution >= 0.6 is 11.6 Å². The minimum absolute atomic E-state index is 0.00816. The Labute approximate surface area is 176 Å². The van der Waals surface area contributed by atoms with Gasteiger partial charge in [-0.15, -0.1) is 0 Å². The van der Waals surface area contributed by atoms with Gasteiger partial charge in [0.05, 0.1) is 11.7 Å². The van der Waals surface area contributed by atoms with Gasteiger partial charge in [0.25, 0.3) is 0 Å². The van der Waals surface area contributed by atoms with Crippen molar-refractivity contribution in [3.63, 3.8) is 0 Å². The Morgan fingerprint density at radius 2 is 2.00 bits per heavy atom. The zero-order chi connectivity index (χ0) is 20.6. The van der Waals surface area contributed by atoms with Gasteiger partial charge < -0.3 is 15.2 Å². The molecule has 0 aliphatic rings. The maximum Gasteiger partial charge on any atom is 0.191 e. The minimum Gasteiger partial charge on any atom is -0.361 e. The van der Waals surface area contributed by atoms with E-state index in [4.69, 9.17) is 16.1 Å². The summed E-state index contributed by atoms with van der Waals surface area (Å²) in [6, 6.07) is 9.75. The van der Waals surface area contributed by atoms with Crippen molar-refractivity contribution in [1.82, 2.24) is 25.6 Å². The molecular weight excluding hydrogens is 388 g/mol. The second-order valence-electron chi connectivity index (χ2n) is 6.60. The van der Waals surface area contributed by atoms with Crippen LogP contribution in [0.4, 0.5) is 0 Å². The number of aliphatic imine (C=N–C) groups is 1. The molecule has 1 aromatic carbocycles. The van der Waals surface area contributed by atoms with E-state index in [1.165, 1.54) is 0 Å². The Morgan fingerprint density at radius 3 is 2.62 bits per heavy atom. The average molecular weight is 415 g/mol. The van der Waals surface area contributed by atoms with Crippen LogP contribution in [0.5, 0.6) is 0 Å². The van der Waals surface area contributed by atoms with Gasteiger partial charge in [0.1, 0.15) is 5.76 Å². The molecule has 0 aliphatic carbocycles. The fraction of sp³-hybridized carbons (Fsp3) is 0.381. The standard InChI is InChI=1S/C21H27ClN6O/c1-4-18-17(20(5-2)29-27-18)13-24-21(23-3)25-14-19(28-12-6-11-26-28)15-7-9-16(22)10-8-15/h6-12,19H,4-5,13-14H2,1-3H3,(H2,23,24,25). The topological polar surface area (TPSA) is 80.3 Å². The summed E-state index contributed by atoms with van der Waals surface area (Å²) in [6.45, 7) is 5.38. The first-order valence-electron chi connectivity index (χ1n) is 9.81. The monoisotopic (exact) mass is 414 g/mol. The highest BCUT2D eigenvalue weighted by Gasteiger charge is 2.16. The fourth-order valence-electron chi connectivity index (χ4n) is 3.24. The first-order valence-corrected chi connectivity index (χ1v) is 10.2. The number of benzene rings is 1. The lowest BCUT2D eigenvalue weighted by Gasteiger charge is -2.21. The number of nitrogens with zero attached hydrogens (tertiary/aromatic N) is 4. The lowest BCUT2D eigenvalue weighted by Crippen LogP contribution is -2.40. The van der Waals surface area contributed by atoms with Crippen LogP contribution in [0.25, 0.3) is 0 Å². The van der Waals surface area contributed by atoms with E-state index in [-0.39, 0.29) is 6.04 Å². The number of hydrogen-bond acceptors (Lipinski definition) is 4. The minimum atomic E-state index is 0.00816. The zero-order valence-corrected chi connectivity index (χ0v) is 17.8. The van der Waals surface area contributed by atoms with Crippen molar-refractivity contribution in [2.24, 2.45) is 4.99 Å². The Morgan fingerprint density at radius 1 is 1.21 bits per heavy atom. The molecule has 0 saturated carbocycles. The van der Waals surface area contributed by atoms with Gasteiger partial charge in [-0.25, -0.2) is 0 Å². The van der Waals surface area contributed by atoms with Crippen molar-refractivity contribution in [3.05, 3.63) is 70.3 Å². The molecule has 8 heteroatoms. The normalized spacial score (nSPS) is 12.8. The predicted octanol–water partition coefficient (Wildman–Crippen LogP) is 3.60. The molecular formula is C21H27ClN6O. The third-order valence-electron chi connectivity index (χ3n) is 4.83. The molecule has 2 aromatic heterocycles. The fourth-order valence-corrected chi connectivity index (χ4v) is 3.36. The molecule has 2 heterocycles. The first kappa shape index (κ1) is 20.9. The molecule has 1 unspecified atom stereocenters. The molecule has 0 amide bonds. The molecule has 1 atom stereocenters. The first-order chi connectivity index (χ1) is 14.2. The predicted molar refractivity (Wildman–Crippen MR) is 115 cm³/mol. The molecule has 0 radical (unpaired) electrons. The Hall–Kier alpha value is -2.80. The van der Waals surface area contributed by atoms with Crippen LogP contribution in [0.1, 0.15) is 42.5 Å². The summed E-state index contributed by atoms with van der Waals surface area (Å²) in [7, 11) is 1.76. The number of hydrogen-bond donors (Lipinski definition) is 2. The summed E-state index contributed by atoms with van der Waals surface area (Å²) in [5.41, 5.74) is 3.21. The van der Waals surface area contributed by atoms with E-state index in [2.05, 4.69) is 39.7 Å². The Kier molecular flexibility index (Phi) is 7.30. The second-order valence-corrected chi connectivity index (χ2v) is 7.03. The second kappa shape index (κ2) is 10.1. The summed E-state index contributed by atoms with van der Waals surface area (Å²) in [6.07, 6.45) is 5.38. The molecule has 0 spiro atoms. The van der Waals surface area contributed by atoms with E-state index in [1.807, 2.05) is 41.2 Å². The van der Waals surface area contributed by atoms with Crippen LogP contribution in [0.3, 0.4) is 0 Å². The van der Waals surface area contributed by atoms with Gasteiger partial charge in [0.2, 0.25) is 0 Å². The third-order valence-corrected chi connectivity index (χ3v) is 5.08. The molecule has 7 nitrogen and oxygen atoms in total. The third kappa shape index (κ3) is 5.17. The van der Waals surface area contributed by atoms with Crippen LogP contribution in [0.15, 0.2) is 52.2 Å². The summed E-state index contributed by atoms with van der Waals surface area (Å²) in [5, 5.41) is 16.1. The largest absolute Gasteiger partial charge is 0.361 e. The van der Waals surface area contributed by atoms with E-state index in [1.54, 1.807) is 13.2 Å². The molecule has 154 valence electrons. The van der Waals surface area contributed by atoms with Crippen LogP contribution in [-0.4, -0.2) is 34.5 Å². The number of halogens is 1. The quantitative estimate of drug-likeness (QED) is 0.434. The summed E-state index contributed by atoms with van der Waals surface area (Å²) in [4.78, 5) is 4.35. The van der Waals surface area contributed by atoms with Gasteiger partial charge in [-0.1, -0.05) is 42.7 Å². The highest BCUT2D eigenvalue weighted by molar-refractivity contribution is 6.30. The molecule has 3 aromatic rings. The van der Waals surface area contributed by atoms with Crippen LogP contribution in [0, 0.1) is 0 Å². The van der Waals surface area contributed by atoms with E-state index in [0.29, 0.717) is 24.1 Å². The number of nitrogens with one attached hydrogen (secondary N) is 2. The SMILES string of the molecule is CCc1noc(CC)c1CNC(=NC)NCC(c1ccc(Cl)cc1)n1cccn1. The Bertz CT molecular complexity index is 896. The maximum absolute atomic E-state index is 6.05. The van der Waals surface area contributed by atoms with Crippen molar-refractivity contribution in [2.75, 3.05) is 13.6 Å². The average Bonchev–Trinajstić information content (AvgIpc) is 3.41. The number of aryl methyl sites for hydroxylation is 2. The van der Waals surface area contributed by atoms with Crippen LogP contribution < -0.4 is 10.6 Å². The van der Waals surface area contributed by atoms with Crippen LogP contribution in [-0.2, 0) is 19.4 Å². The molecule has 0 aliphatic heterocycles. The summed E-state index contributed by atoms with van der Waals surface area (Å²) in [5.74, 6) is 1.63. The van der Waals surface area contributed by atoms with Crippen molar-refractivity contribution in [1.29, 1.82) is 0 Å². The van der Waals surface area contributed by atoms with Gasteiger partial charge in [-0.3, -0.25) is 9.67 Å². The van der Waals surface area contributed by atoms with Gasteiger partial charge in [-0.05, 0) is 30.2 Å². The maximum atomic E-state index is 6.05. The van der Waals surface area contributed by atoms with Gasteiger partial charge in [0, 0.05) is 49.5 Å². The van der Waals surface area contributed by atoms with Crippen molar-refractivity contribution < 1.29 is 4.52 Å². The molecule has 2 N–H and O–H groups in total. The number of rotatable bonds is 8. The zero-order valence-electron chi connectivity index (χ0n) is 17.0.